The fourth-order valence-electron chi connectivity index (χ4n) is 2.53. The van der Waals surface area contributed by atoms with Gasteiger partial charge in [0.15, 0.2) is 0 Å². The summed E-state index contributed by atoms with van der Waals surface area (Å²) in [6.07, 6.45) is 2.33. The van der Waals surface area contributed by atoms with Crippen molar-refractivity contribution in [2.45, 2.75) is 39.3 Å². The number of aromatic nitrogens is 2. The SMILES string of the molecule is CC[C@@H](C)NC(=O)[C@H]1CSCN1C(=O)c1cnc2onc(C)c2c1. The number of amides is 2. The highest BCUT2D eigenvalue weighted by Crippen LogP contribution is 2.25. The molecule has 24 heavy (non-hydrogen) atoms. The third-order valence-corrected chi connectivity index (χ3v) is 5.22. The fourth-order valence-corrected chi connectivity index (χ4v) is 3.68. The van der Waals surface area contributed by atoms with E-state index in [0.717, 1.165) is 6.42 Å². The molecule has 0 radical (unpaired) electrons. The molecule has 0 bridgehead atoms. The van der Waals surface area contributed by atoms with Gasteiger partial charge in [-0.1, -0.05) is 12.1 Å². The lowest BCUT2D eigenvalue weighted by Gasteiger charge is -2.24. The molecule has 0 aromatic carbocycles. The highest BCUT2D eigenvalue weighted by molar-refractivity contribution is 7.99. The molecular formula is C16H20N4O3S. The van der Waals surface area contributed by atoms with Crippen LogP contribution in [0.5, 0.6) is 0 Å². The van der Waals surface area contributed by atoms with Gasteiger partial charge in [-0.05, 0) is 26.3 Å². The summed E-state index contributed by atoms with van der Waals surface area (Å²) < 4.78 is 5.07. The zero-order valence-corrected chi connectivity index (χ0v) is 14.7. The predicted octanol–water partition coefficient (Wildman–Crippen LogP) is 1.96. The number of carbonyl (C=O) groups is 2. The molecule has 1 saturated heterocycles. The van der Waals surface area contributed by atoms with Gasteiger partial charge in [-0.3, -0.25) is 9.59 Å². The molecule has 1 fully saturated rings. The number of thioether (sulfide) groups is 1. The maximum atomic E-state index is 12.8. The number of hydrogen-bond acceptors (Lipinski definition) is 6. The quantitative estimate of drug-likeness (QED) is 0.909. The Balaban J connectivity index is 1.81. The highest BCUT2D eigenvalue weighted by Gasteiger charge is 2.35. The molecule has 2 atom stereocenters. The third kappa shape index (κ3) is 3.10. The van der Waals surface area contributed by atoms with Gasteiger partial charge in [-0.25, -0.2) is 4.98 Å². The number of nitrogens with zero attached hydrogens (tertiary/aromatic N) is 3. The molecule has 2 aromatic heterocycles. The smallest absolute Gasteiger partial charge is 0.257 e. The molecule has 1 N–H and O–H groups in total. The Labute approximate surface area is 144 Å². The van der Waals surface area contributed by atoms with Gasteiger partial charge >= 0.3 is 0 Å². The van der Waals surface area contributed by atoms with Crippen LogP contribution in [-0.2, 0) is 4.79 Å². The second-order valence-electron chi connectivity index (χ2n) is 5.95. The van der Waals surface area contributed by atoms with E-state index in [0.29, 0.717) is 34.0 Å². The molecule has 0 aliphatic carbocycles. The first-order valence-electron chi connectivity index (χ1n) is 7.92. The van der Waals surface area contributed by atoms with Gasteiger partial charge in [0.05, 0.1) is 22.5 Å². The average Bonchev–Trinajstić information content (AvgIpc) is 3.21. The zero-order valence-electron chi connectivity index (χ0n) is 13.9. The van der Waals surface area contributed by atoms with E-state index in [4.69, 9.17) is 4.52 Å². The van der Waals surface area contributed by atoms with E-state index in [2.05, 4.69) is 15.5 Å². The number of pyridine rings is 1. The van der Waals surface area contributed by atoms with E-state index in [1.807, 2.05) is 13.8 Å². The number of fused-ring (bicyclic) bond motifs is 1. The summed E-state index contributed by atoms with van der Waals surface area (Å²) in [6.45, 7) is 5.77. The van der Waals surface area contributed by atoms with Crippen LogP contribution in [-0.4, -0.2) is 50.6 Å². The van der Waals surface area contributed by atoms with Crippen LogP contribution in [0.15, 0.2) is 16.8 Å². The lowest BCUT2D eigenvalue weighted by atomic mass is 10.1. The molecule has 0 spiro atoms. The van der Waals surface area contributed by atoms with Gasteiger partial charge < -0.3 is 14.7 Å². The van der Waals surface area contributed by atoms with Crippen LogP contribution in [0.25, 0.3) is 11.1 Å². The fraction of sp³-hybridized carbons (Fsp3) is 0.500. The Hall–Kier alpha value is -2.09. The highest BCUT2D eigenvalue weighted by atomic mass is 32.2. The largest absolute Gasteiger partial charge is 0.352 e. The Bertz CT molecular complexity index is 776. The number of nitrogens with one attached hydrogen (secondary N) is 1. The second-order valence-corrected chi connectivity index (χ2v) is 6.95. The van der Waals surface area contributed by atoms with Crippen LogP contribution in [0.1, 0.15) is 36.3 Å². The van der Waals surface area contributed by atoms with Gasteiger partial charge in [0, 0.05) is 18.0 Å². The molecule has 2 aromatic rings. The summed E-state index contributed by atoms with van der Waals surface area (Å²) in [6, 6.07) is 1.37. The summed E-state index contributed by atoms with van der Waals surface area (Å²) in [7, 11) is 0. The minimum absolute atomic E-state index is 0.0951. The Kier molecular flexibility index (Phi) is 4.75. The molecule has 8 heteroatoms. The van der Waals surface area contributed by atoms with E-state index in [1.165, 1.54) is 6.20 Å². The van der Waals surface area contributed by atoms with Crippen molar-refractivity contribution in [2.75, 3.05) is 11.6 Å². The number of aryl methyl sites for hydroxylation is 1. The van der Waals surface area contributed by atoms with E-state index in [9.17, 15) is 9.59 Å². The van der Waals surface area contributed by atoms with Crippen molar-refractivity contribution < 1.29 is 14.1 Å². The van der Waals surface area contributed by atoms with E-state index in [-0.39, 0.29) is 17.9 Å². The number of rotatable bonds is 4. The molecule has 3 heterocycles. The second kappa shape index (κ2) is 6.80. The standard InChI is InChI=1S/C16H20N4O3S/c1-4-9(2)18-14(21)13-7-24-8-20(13)16(22)11-5-12-10(3)19-23-15(12)17-6-11/h5-6,9,13H,4,7-8H2,1-3H3,(H,18,21)/t9-,13-/m1/s1. The van der Waals surface area contributed by atoms with E-state index < -0.39 is 6.04 Å². The monoisotopic (exact) mass is 348 g/mol. The van der Waals surface area contributed by atoms with Crippen LogP contribution >= 0.6 is 11.8 Å². The lowest BCUT2D eigenvalue weighted by Crippen LogP contribution is -2.49. The summed E-state index contributed by atoms with van der Waals surface area (Å²) in [5.41, 5.74) is 1.54. The summed E-state index contributed by atoms with van der Waals surface area (Å²) >= 11 is 1.58. The van der Waals surface area contributed by atoms with Crippen molar-refractivity contribution in [3.63, 3.8) is 0 Å². The Morgan fingerprint density at radius 1 is 1.54 bits per heavy atom. The van der Waals surface area contributed by atoms with Gasteiger partial charge in [0.25, 0.3) is 11.6 Å². The maximum absolute atomic E-state index is 12.8. The molecule has 128 valence electrons. The summed E-state index contributed by atoms with van der Waals surface area (Å²) in [4.78, 5) is 31.0. The molecule has 7 nitrogen and oxygen atoms in total. The number of hydrogen-bond donors (Lipinski definition) is 1. The first-order chi connectivity index (χ1) is 11.5. The Morgan fingerprint density at radius 3 is 3.08 bits per heavy atom. The van der Waals surface area contributed by atoms with Crippen molar-refractivity contribution in [3.05, 3.63) is 23.5 Å². The molecule has 0 unspecified atom stereocenters. The molecule has 0 saturated carbocycles. The Morgan fingerprint density at radius 2 is 2.33 bits per heavy atom. The van der Waals surface area contributed by atoms with Crippen molar-refractivity contribution >= 4 is 34.7 Å². The maximum Gasteiger partial charge on any atom is 0.257 e. The van der Waals surface area contributed by atoms with Gasteiger partial charge in [-0.2, -0.15) is 0 Å². The third-order valence-electron chi connectivity index (χ3n) is 4.20. The molecule has 3 rings (SSSR count). The van der Waals surface area contributed by atoms with Crippen molar-refractivity contribution in [1.82, 2.24) is 20.4 Å². The molecule has 2 amide bonds. The van der Waals surface area contributed by atoms with Gasteiger partial charge in [-0.15, -0.1) is 11.8 Å². The van der Waals surface area contributed by atoms with Crippen LogP contribution in [0, 0.1) is 6.92 Å². The topological polar surface area (TPSA) is 88.3 Å². The zero-order chi connectivity index (χ0) is 17.3. The molecule has 1 aliphatic rings. The van der Waals surface area contributed by atoms with E-state index >= 15 is 0 Å². The molecule has 1 aliphatic heterocycles. The van der Waals surface area contributed by atoms with Crippen LogP contribution in [0.4, 0.5) is 0 Å². The van der Waals surface area contributed by atoms with Crippen molar-refractivity contribution in [3.8, 4) is 0 Å². The van der Waals surface area contributed by atoms with Gasteiger partial charge in [0.2, 0.25) is 5.91 Å². The minimum Gasteiger partial charge on any atom is -0.352 e. The van der Waals surface area contributed by atoms with Crippen molar-refractivity contribution in [1.29, 1.82) is 0 Å². The summed E-state index contributed by atoms with van der Waals surface area (Å²) in [5, 5.41) is 7.52. The first kappa shape index (κ1) is 16.8. The van der Waals surface area contributed by atoms with Crippen molar-refractivity contribution in [2.24, 2.45) is 0 Å². The normalized spacial score (nSPS) is 18.8. The van der Waals surface area contributed by atoms with E-state index in [1.54, 1.807) is 29.7 Å². The number of carbonyl (C=O) groups excluding carboxylic acids is 2. The van der Waals surface area contributed by atoms with Crippen LogP contribution < -0.4 is 5.32 Å². The first-order valence-corrected chi connectivity index (χ1v) is 9.07. The minimum atomic E-state index is -0.448. The predicted molar refractivity (Wildman–Crippen MR) is 91.7 cm³/mol. The van der Waals surface area contributed by atoms with Gasteiger partial charge in [0.1, 0.15) is 6.04 Å². The summed E-state index contributed by atoms with van der Waals surface area (Å²) in [5.74, 6) is 0.811. The molecular weight excluding hydrogens is 328 g/mol. The lowest BCUT2D eigenvalue weighted by molar-refractivity contribution is -0.125. The van der Waals surface area contributed by atoms with Crippen LogP contribution in [0.2, 0.25) is 0 Å². The van der Waals surface area contributed by atoms with Crippen LogP contribution in [0.3, 0.4) is 0 Å². The average molecular weight is 348 g/mol.